The maximum Gasteiger partial charge on any atom is 0.0351 e. The van der Waals surface area contributed by atoms with Crippen LogP contribution in [0.1, 0.15) is 19.8 Å². The van der Waals surface area contributed by atoms with E-state index in [9.17, 15) is 0 Å². The van der Waals surface area contributed by atoms with Gasteiger partial charge < -0.3 is 5.32 Å². The van der Waals surface area contributed by atoms with Crippen molar-refractivity contribution in [3.8, 4) is 0 Å². The number of unbranched alkanes of at least 4 members (excludes halogenated alkanes) is 1. The summed E-state index contributed by atoms with van der Waals surface area (Å²) in [4.78, 5) is 1.32. The second-order valence-electron chi connectivity index (χ2n) is 3.01. The van der Waals surface area contributed by atoms with Gasteiger partial charge in [-0.1, -0.05) is 19.4 Å². The van der Waals surface area contributed by atoms with E-state index in [0.29, 0.717) is 0 Å². The minimum absolute atomic E-state index is 1.08. The number of anilines is 1. The molecule has 0 atom stereocenters. The van der Waals surface area contributed by atoms with Crippen LogP contribution in [0.4, 0.5) is 5.69 Å². The zero-order valence-corrected chi connectivity index (χ0v) is 9.16. The van der Waals surface area contributed by atoms with Gasteiger partial charge in [0.2, 0.25) is 0 Å². The van der Waals surface area contributed by atoms with Crippen LogP contribution in [0.2, 0.25) is 0 Å². The third kappa shape index (κ3) is 3.73. The van der Waals surface area contributed by atoms with Gasteiger partial charge in [-0.3, -0.25) is 0 Å². The van der Waals surface area contributed by atoms with Crippen molar-refractivity contribution in [3.63, 3.8) is 0 Å². The average molecular weight is 195 g/mol. The summed E-state index contributed by atoms with van der Waals surface area (Å²) in [5, 5.41) is 3.41. The number of hydrogen-bond acceptors (Lipinski definition) is 2. The molecule has 1 rings (SSSR count). The molecule has 13 heavy (non-hydrogen) atoms. The van der Waals surface area contributed by atoms with Gasteiger partial charge in [-0.15, -0.1) is 11.8 Å². The molecule has 1 nitrogen and oxygen atoms in total. The van der Waals surface area contributed by atoms with E-state index in [-0.39, 0.29) is 0 Å². The van der Waals surface area contributed by atoms with Crippen LogP contribution in [-0.2, 0) is 0 Å². The zero-order chi connectivity index (χ0) is 9.52. The van der Waals surface area contributed by atoms with Crippen LogP contribution in [0.15, 0.2) is 29.2 Å². The highest BCUT2D eigenvalue weighted by Crippen LogP contribution is 2.18. The number of benzene rings is 1. The summed E-state index contributed by atoms with van der Waals surface area (Å²) in [6.07, 6.45) is 4.59. The first-order chi connectivity index (χ1) is 6.36. The van der Waals surface area contributed by atoms with E-state index < -0.39 is 0 Å². The summed E-state index contributed by atoms with van der Waals surface area (Å²) in [6, 6.07) is 8.55. The van der Waals surface area contributed by atoms with E-state index in [2.05, 4.69) is 42.8 Å². The first-order valence-corrected chi connectivity index (χ1v) is 5.97. The highest BCUT2D eigenvalue weighted by Gasteiger charge is 1.92. The molecule has 72 valence electrons. The molecule has 0 fully saturated rings. The molecule has 1 aromatic rings. The van der Waals surface area contributed by atoms with Crippen LogP contribution >= 0.6 is 11.8 Å². The second-order valence-corrected chi connectivity index (χ2v) is 3.89. The van der Waals surface area contributed by atoms with Crippen molar-refractivity contribution in [1.82, 2.24) is 0 Å². The van der Waals surface area contributed by atoms with Gasteiger partial charge >= 0.3 is 0 Å². The molecule has 0 spiro atoms. The van der Waals surface area contributed by atoms with Gasteiger partial charge in [-0.2, -0.15) is 0 Å². The van der Waals surface area contributed by atoms with Crippen molar-refractivity contribution in [1.29, 1.82) is 0 Å². The molecule has 0 aliphatic heterocycles. The van der Waals surface area contributed by atoms with Gasteiger partial charge in [0, 0.05) is 17.1 Å². The van der Waals surface area contributed by atoms with E-state index in [1.807, 2.05) is 0 Å². The number of hydrogen-bond donors (Lipinski definition) is 1. The lowest BCUT2D eigenvalue weighted by molar-refractivity contribution is 0.834. The monoisotopic (exact) mass is 195 g/mol. The molecule has 0 amide bonds. The summed E-state index contributed by atoms with van der Waals surface area (Å²) in [6.45, 7) is 3.29. The molecule has 2 heteroatoms. The fourth-order valence-electron chi connectivity index (χ4n) is 1.14. The van der Waals surface area contributed by atoms with E-state index in [0.717, 1.165) is 6.54 Å². The minimum atomic E-state index is 1.08. The van der Waals surface area contributed by atoms with E-state index in [1.165, 1.54) is 23.4 Å². The standard InChI is InChI=1S/C11H17NS/c1-3-4-8-12-10-6-5-7-11(9-10)13-2/h5-7,9,12H,3-4,8H2,1-2H3. The molecule has 0 saturated carbocycles. The lowest BCUT2D eigenvalue weighted by Crippen LogP contribution is -2.00. The number of rotatable bonds is 5. The molecule has 0 bridgehead atoms. The third-order valence-corrected chi connectivity index (χ3v) is 2.65. The largest absolute Gasteiger partial charge is 0.385 e. The summed E-state index contributed by atoms with van der Waals surface area (Å²) in [5.41, 5.74) is 1.24. The van der Waals surface area contributed by atoms with Gasteiger partial charge in [0.25, 0.3) is 0 Å². The number of nitrogens with one attached hydrogen (secondary N) is 1. The summed E-state index contributed by atoms with van der Waals surface area (Å²) in [5.74, 6) is 0. The first-order valence-electron chi connectivity index (χ1n) is 4.74. The normalized spacial score (nSPS) is 10.0. The molecule has 1 aromatic carbocycles. The van der Waals surface area contributed by atoms with E-state index >= 15 is 0 Å². The van der Waals surface area contributed by atoms with Crippen molar-refractivity contribution >= 4 is 17.4 Å². The Kier molecular flexibility index (Phi) is 4.76. The van der Waals surface area contributed by atoms with Crippen LogP contribution in [-0.4, -0.2) is 12.8 Å². The SMILES string of the molecule is CCCCNc1cccc(SC)c1. The Labute approximate surface area is 84.9 Å². The maximum absolute atomic E-state index is 3.41. The lowest BCUT2D eigenvalue weighted by Gasteiger charge is -2.06. The highest BCUT2D eigenvalue weighted by molar-refractivity contribution is 7.98. The smallest absolute Gasteiger partial charge is 0.0351 e. The van der Waals surface area contributed by atoms with Crippen molar-refractivity contribution in [2.45, 2.75) is 24.7 Å². The van der Waals surface area contributed by atoms with Crippen LogP contribution in [0, 0.1) is 0 Å². The Hall–Kier alpha value is -0.630. The van der Waals surface area contributed by atoms with Crippen LogP contribution in [0.5, 0.6) is 0 Å². The van der Waals surface area contributed by atoms with Crippen molar-refractivity contribution in [2.24, 2.45) is 0 Å². The Bertz CT molecular complexity index is 248. The van der Waals surface area contributed by atoms with Gasteiger partial charge in [0.05, 0.1) is 0 Å². The number of thioether (sulfide) groups is 1. The van der Waals surface area contributed by atoms with Gasteiger partial charge in [-0.25, -0.2) is 0 Å². The quantitative estimate of drug-likeness (QED) is 0.569. The molecule has 0 unspecified atom stereocenters. The average Bonchev–Trinajstić information content (AvgIpc) is 2.19. The topological polar surface area (TPSA) is 12.0 Å². The van der Waals surface area contributed by atoms with Gasteiger partial charge in [0.1, 0.15) is 0 Å². The molecule has 0 aliphatic rings. The van der Waals surface area contributed by atoms with Gasteiger partial charge in [0.15, 0.2) is 0 Å². The Morgan fingerprint density at radius 3 is 2.92 bits per heavy atom. The zero-order valence-electron chi connectivity index (χ0n) is 8.34. The first kappa shape index (κ1) is 10.5. The Morgan fingerprint density at radius 1 is 1.38 bits per heavy atom. The van der Waals surface area contributed by atoms with E-state index in [4.69, 9.17) is 0 Å². The summed E-state index contributed by atoms with van der Waals surface area (Å²) in [7, 11) is 0. The Morgan fingerprint density at radius 2 is 2.23 bits per heavy atom. The molecular weight excluding hydrogens is 178 g/mol. The Balaban J connectivity index is 2.46. The minimum Gasteiger partial charge on any atom is -0.385 e. The van der Waals surface area contributed by atoms with Crippen molar-refractivity contribution in [3.05, 3.63) is 24.3 Å². The maximum atomic E-state index is 3.41. The van der Waals surface area contributed by atoms with Crippen LogP contribution < -0.4 is 5.32 Å². The van der Waals surface area contributed by atoms with Crippen molar-refractivity contribution in [2.75, 3.05) is 18.1 Å². The molecule has 0 aromatic heterocycles. The fourth-order valence-corrected chi connectivity index (χ4v) is 1.60. The molecule has 0 radical (unpaired) electrons. The third-order valence-electron chi connectivity index (χ3n) is 1.93. The molecule has 1 N–H and O–H groups in total. The molecule has 0 saturated heterocycles. The lowest BCUT2D eigenvalue weighted by atomic mass is 10.3. The highest BCUT2D eigenvalue weighted by atomic mass is 32.2. The predicted molar refractivity (Wildman–Crippen MR) is 61.6 cm³/mol. The molecule has 0 heterocycles. The van der Waals surface area contributed by atoms with E-state index in [1.54, 1.807) is 11.8 Å². The second kappa shape index (κ2) is 5.92. The molecule has 0 aliphatic carbocycles. The summed E-state index contributed by atoms with van der Waals surface area (Å²) >= 11 is 1.78. The van der Waals surface area contributed by atoms with Crippen molar-refractivity contribution < 1.29 is 0 Å². The predicted octanol–water partition coefficient (Wildman–Crippen LogP) is 3.62. The molecular formula is C11H17NS. The summed E-state index contributed by atoms with van der Waals surface area (Å²) < 4.78 is 0. The van der Waals surface area contributed by atoms with Crippen LogP contribution in [0.3, 0.4) is 0 Å². The van der Waals surface area contributed by atoms with Gasteiger partial charge in [-0.05, 0) is 30.9 Å². The fraction of sp³-hybridized carbons (Fsp3) is 0.455. The van der Waals surface area contributed by atoms with Crippen LogP contribution in [0.25, 0.3) is 0 Å².